The van der Waals surface area contributed by atoms with E-state index in [1.807, 2.05) is 36.4 Å². The van der Waals surface area contributed by atoms with Crippen LogP contribution in [-0.2, 0) is 4.79 Å². The number of fused-ring (bicyclic) bond motifs is 1. The number of nitrogens with zero attached hydrogens (tertiary/aromatic N) is 2. The molecule has 8 heteroatoms. The number of carbonyl (C=O) groups excluding carboxylic acids is 1. The molecule has 2 aromatic carbocycles. The van der Waals surface area contributed by atoms with E-state index in [0.29, 0.717) is 5.75 Å². The molecule has 132 valence electrons. The number of furan rings is 1. The summed E-state index contributed by atoms with van der Waals surface area (Å²) in [6, 6.07) is 16.0. The van der Waals surface area contributed by atoms with Gasteiger partial charge in [0.25, 0.3) is 5.91 Å². The third-order valence-electron chi connectivity index (χ3n) is 3.56. The molecule has 0 fully saturated rings. The normalized spacial score (nSPS) is 12.2. The number of hydrazone groups is 1. The molecule has 0 aliphatic carbocycles. The van der Waals surface area contributed by atoms with E-state index in [1.54, 1.807) is 13.0 Å². The summed E-state index contributed by atoms with van der Waals surface area (Å²) in [4.78, 5) is 21.9. The Bertz CT molecular complexity index is 980. The van der Waals surface area contributed by atoms with Crippen LogP contribution in [0.3, 0.4) is 0 Å². The average Bonchev–Trinajstić information content (AvgIpc) is 3.10. The molecule has 8 nitrogen and oxygen atoms in total. The van der Waals surface area contributed by atoms with Crippen LogP contribution in [0, 0.1) is 10.1 Å². The minimum absolute atomic E-state index is 0.153. The average molecular weight is 353 g/mol. The molecule has 1 unspecified atom stereocenters. The van der Waals surface area contributed by atoms with Gasteiger partial charge in [0.05, 0.1) is 12.3 Å². The fourth-order valence-electron chi connectivity index (χ4n) is 2.26. The highest BCUT2D eigenvalue weighted by Crippen LogP contribution is 2.21. The molecule has 1 heterocycles. The van der Waals surface area contributed by atoms with Crippen LogP contribution in [0.25, 0.3) is 10.8 Å². The summed E-state index contributed by atoms with van der Waals surface area (Å²) in [5.41, 5.74) is 2.30. The van der Waals surface area contributed by atoms with Crippen LogP contribution >= 0.6 is 0 Å². The van der Waals surface area contributed by atoms with Crippen LogP contribution in [0.15, 0.2) is 64.1 Å². The third kappa shape index (κ3) is 4.04. The van der Waals surface area contributed by atoms with E-state index in [2.05, 4.69) is 10.5 Å². The monoisotopic (exact) mass is 353 g/mol. The highest BCUT2D eigenvalue weighted by molar-refractivity contribution is 5.85. The van der Waals surface area contributed by atoms with Gasteiger partial charge in [-0.3, -0.25) is 14.9 Å². The van der Waals surface area contributed by atoms with Crippen LogP contribution in [-0.4, -0.2) is 23.1 Å². The molecule has 1 atom stereocenters. The van der Waals surface area contributed by atoms with Crippen LogP contribution in [0.4, 0.5) is 5.88 Å². The molecule has 1 aromatic heterocycles. The lowest BCUT2D eigenvalue weighted by Gasteiger charge is -2.13. The minimum Gasteiger partial charge on any atom is -0.481 e. The molecule has 3 aromatic rings. The van der Waals surface area contributed by atoms with E-state index >= 15 is 0 Å². The molecule has 0 radical (unpaired) electrons. The van der Waals surface area contributed by atoms with Gasteiger partial charge in [0.2, 0.25) is 0 Å². The predicted molar refractivity (Wildman–Crippen MR) is 95.1 cm³/mol. The summed E-state index contributed by atoms with van der Waals surface area (Å²) in [6.07, 6.45) is 0.396. The fraction of sp³-hybridized carbons (Fsp3) is 0.111. The summed E-state index contributed by atoms with van der Waals surface area (Å²) < 4.78 is 10.5. The molecule has 3 rings (SSSR count). The van der Waals surface area contributed by atoms with Gasteiger partial charge < -0.3 is 9.15 Å². The highest BCUT2D eigenvalue weighted by Gasteiger charge is 2.14. The number of nitro groups is 1. The van der Waals surface area contributed by atoms with Crippen LogP contribution in [0.5, 0.6) is 5.75 Å². The van der Waals surface area contributed by atoms with Gasteiger partial charge in [-0.1, -0.05) is 30.3 Å². The zero-order valence-electron chi connectivity index (χ0n) is 13.8. The van der Waals surface area contributed by atoms with E-state index in [0.717, 1.165) is 10.8 Å². The van der Waals surface area contributed by atoms with Crippen molar-refractivity contribution in [2.24, 2.45) is 5.10 Å². The molecule has 0 spiro atoms. The Labute approximate surface area is 148 Å². The molecule has 0 aliphatic rings. The molecular formula is C18H15N3O5. The van der Waals surface area contributed by atoms with Crippen LogP contribution in [0.2, 0.25) is 0 Å². The Morgan fingerprint density at radius 2 is 2.00 bits per heavy atom. The number of hydrogen-bond acceptors (Lipinski definition) is 6. The van der Waals surface area contributed by atoms with Crippen LogP contribution < -0.4 is 10.2 Å². The second-order valence-electron chi connectivity index (χ2n) is 5.44. The Balaban J connectivity index is 1.58. The zero-order chi connectivity index (χ0) is 18.5. The molecule has 0 bridgehead atoms. The number of ether oxygens (including phenoxy) is 1. The van der Waals surface area contributed by atoms with Crippen molar-refractivity contribution in [3.63, 3.8) is 0 Å². The lowest BCUT2D eigenvalue weighted by molar-refractivity contribution is -0.402. The molecule has 0 saturated heterocycles. The maximum atomic E-state index is 12.0. The minimum atomic E-state index is -0.778. The largest absolute Gasteiger partial charge is 0.481 e. The molecule has 26 heavy (non-hydrogen) atoms. The summed E-state index contributed by atoms with van der Waals surface area (Å²) in [7, 11) is 0. The lowest BCUT2D eigenvalue weighted by Crippen LogP contribution is -2.33. The highest BCUT2D eigenvalue weighted by atomic mass is 16.6. The van der Waals surface area contributed by atoms with E-state index < -0.39 is 22.8 Å². The predicted octanol–water partition coefficient (Wildman–Crippen LogP) is 3.26. The number of rotatable bonds is 6. The fourth-order valence-corrected chi connectivity index (χ4v) is 2.26. The van der Waals surface area contributed by atoms with Crippen molar-refractivity contribution in [1.82, 2.24) is 5.43 Å². The van der Waals surface area contributed by atoms with E-state index in [9.17, 15) is 14.9 Å². The molecule has 0 aliphatic heterocycles. The van der Waals surface area contributed by atoms with Crippen LogP contribution in [0.1, 0.15) is 12.7 Å². The summed E-state index contributed by atoms with van der Waals surface area (Å²) in [5, 5.41) is 16.3. The van der Waals surface area contributed by atoms with E-state index in [1.165, 1.54) is 18.3 Å². The summed E-state index contributed by atoms with van der Waals surface area (Å²) in [5.74, 6) is -0.140. The quantitative estimate of drug-likeness (QED) is 0.416. The first-order valence-electron chi connectivity index (χ1n) is 7.75. The topological polar surface area (TPSA) is 107 Å². The maximum Gasteiger partial charge on any atom is 0.433 e. The van der Waals surface area contributed by atoms with Crippen molar-refractivity contribution in [2.45, 2.75) is 13.0 Å². The number of amides is 1. The molecule has 0 saturated carbocycles. The Kier molecular flexibility index (Phi) is 4.93. The number of carbonyl (C=O) groups is 1. The van der Waals surface area contributed by atoms with Gasteiger partial charge >= 0.3 is 5.88 Å². The number of hydrogen-bond donors (Lipinski definition) is 1. The summed E-state index contributed by atoms with van der Waals surface area (Å²) >= 11 is 0. The van der Waals surface area contributed by atoms with Crippen molar-refractivity contribution in [3.8, 4) is 5.75 Å². The smallest absolute Gasteiger partial charge is 0.433 e. The van der Waals surface area contributed by atoms with Crippen molar-refractivity contribution >= 4 is 28.8 Å². The first kappa shape index (κ1) is 17.2. The first-order valence-corrected chi connectivity index (χ1v) is 7.75. The second kappa shape index (κ2) is 7.47. The summed E-state index contributed by atoms with van der Waals surface area (Å²) in [6.45, 7) is 1.60. The van der Waals surface area contributed by atoms with E-state index in [-0.39, 0.29) is 5.76 Å². The van der Waals surface area contributed by atoms with Gasteiger partial charge in [-0.15, -0.1) is 0 Å². The first-order chi connectivity index (χ1) is 12.5. The van der Waals surface area contributed by atoms with Crippen molar-refractivity contribution < 1.29 is 18.9 Å². The maximum absolute atomic E-state index is 12.0. The van der Waals surface area contributed by atoms with Gasteiger partial charge in [0.15, 0.2) is 11.9 Å². The SMILES string of the molecule is CC(Oc1ccc2ccccc2c1)C(=O)NN=Cc1ccc([N+](=O)[O-])o1. The third-order valence-corrected chi connectivity index (χ3v) is 3.56. The Hall–Kier alpha value is -3.68. The van der Waals surface area contributed by atoms with Gasteiger partial charge in [0, 0.05) is 0 Å². The standard InChI is InChI=1S/C18H15N3O5/c1-12(25-15-7-6-13-4-2-3-5-14(13)10-15)18(22)20-19-11-16-8-9-17(26-16)21(23)24/h2-12H,1H3,(H,20,22). The van der Waals surface area contributed by atoms with Gasteiger partial charge in [-0.25, -0.2) is 5.43 Å². The molecular weight excluding hydrogens is 338 g/mol. The lowest BCUT2D eigenvalue weighted by atomic mass is 10.1. The zero-order valence-corrected chi connectivity index (χ0v) is 13.8. The second-order valence-corrected chi connectivity index (χ2v) is 5.44. The molecule has 1 N–H and O–H groups in total. The van der Waals surface area contributed by atoms with Crippen molar-refractivity contribution in [1.29, 1.82) is 0 Å². The number of nitrogens with one attached hydrogen (secondary N) is 1. The Morgan fingerprint density at radius 3 is 2.73 bits per heavy atom. The van der Waals surface area contributed by atoms with Gasteiger partial charge in [-0.05, 0) is 35.9 Å². The van der Waals surface area contributed by atoms with E-state index in [4.69, 9.17) is 9.15 Å². The van der Waals surface area contributed by atoms with Gasteiger partial charge in [-0.2, -0.15) is 5.10 Å². The molecule has 1 amide bonds. The van der Waals surface area contributed by atoms with Crippen molar-refractivity contribution in [2.75, 3.05) is 0 Å². The Morgan fingerprint density at radius 1 is 1.23 bits per heavy atom. The van der Waals surface area contributed by atoms with Gasteiger partial charge in [0.1, 0.15) is 10.7 Å². The number of benzene rings is 2. The van der Waals surface area contributed by atoms with Crippen molar-refractivity contribution in [3.05, 3.63) is 70.5 Å².